The Hall–Kier alpha value is -2.88. The van der Waals surface area contributed by atoms with E-state index in [-0.39, 0.29) is 11.8 Å². The summed E-state index contributed by atoms with van der Waals surface area (Å²) in [6.45, 7) is 7.21. The van der Waals surface area contributed by atoms with Crippen LogP contribution < -0.4 is 5.32 Å². The monoisotopic (exact) mass is 390 g/mol. The van der Waals surface area contributed by atoms with Crippen molar-refractivity contribution in [3.05, 3.63) is 72.8 Å². The second kappa shape index (κ2) is 9.55. The second-order valence-corrected chi connectivity index (χ2v) is 7.75. The van der Waals surface area contributed by atoms with Crippen molar-refractivity contribution in [2.24, 2.45) is 5.41 Å². The molecule has 1 atom stereocenters. The highest BCUT2D eigenvalue weighted by molar-refractivity contribution is 5.85. The van der Waals surface area contributed by atoms with Gasteiger partial charge >= 0.3 is 0 Å². The van der Waals surface area contributed by atoms with E-state index in [4.69, 9.17) is 0 Å². The van der Waals surface area contributed by atoms with E-state index in [1.165, 1.54) is 0 Å². The molecule has 1 aliphatic heterocycles. The maximum Gasteiger partial charge on any atom is 0.228 e. The Bertz CT molecular complexity index is 862. The summed E-state index contributed by atoms with van der Waals surface area (Å²) in [7, 11) is 0. The predicted octanol–water partition coefficient (Wildman–Crippen LogP) is 4.22. The SMILES string of the molecule is C=CCNC(=O)[C@@]1(Cc2ccccc2-c2ccccc2)CCCN(C(=O)CC)C1. The molecule has 1 saturated heterocycles. The molecule has 1 aliphatic rings. The molecule has 0 radical (unpaired) electrons. The molecular formula is C25H30N2O2. The fourth-order valence-electron chi connectivity index (χ4n) is 4.27. The molecule has 0 aliphatic carbocycles. The first-order valence-electron chi connectivity index (χ1n) is 10.4. The highest BCUT2D eigenvalue weighted by atomic mass is 16.2. The van der Waals surface area contributed by atoms with Gasteiger partial charge < -0.3 is 10.2 Å². The number of carbonyl (C=O) groups is 2. The molecule has 29 heavy (non-hydrogen) atoms. The minimum atomic E-state index is -0.628. The number of carbonyl (C=O) groups excluding carboxylic acids is 2. The molecular weight excluding hydrogens is 360 g/mol. The van der Waals surface area contributed by atoms with Gasteiger partial charge in [-0.1, -0.05) is 67.6 Å². The van der Waals surface area contributed by atoms with Crippen molar-refractivity contribution in [1.82, 2.24) is 10.2 Å². The second-order valence-electron chi connectivity index (χ2n) is 7.75. The summed E-state index contributed by atoms with van der Waals surface area (Å²) in [4.78, 5) is 27.6. The quantitative estimate of drug-likeness (QED) is 0.720. The highest BCUT2D eigenvalue weighted by Crippen LogP contribution is 2.37. The zero-order valence-corrected chi connectivity index (χ0v) is 17.2. The summed E-state index contributed by atoms with van der Waals surface area (Å²) in [5.74, 6) is 0.121. The molecule has 1 N–H and O–H groups in total. The Kier molecular flexibility index (Phi) is 6.86. The largest absolute Gasteiger partial charge is 0.352 e. The van der Waals surface area contributed by atoms with Crippen LogP contribution in [0, 0.1) is 5.41 Å². The predicted molar refractivity (Wildman–Crippen MR) is 117 cm³/mol. The average Bonchev–Trinajstić information content (AvgIpc) is 2.78. The van der Waals surface area contributed by atoms with E-state index in [9.17, 15) is 9.59 Å². The first-order valence-corrected chi connectivity index (χ1v) is 10.4. The van der Waals surface area contributed by atoms with Gasteiger partial charge in [-0.05, 0) is 36.0 Å². The van der Waals surface area contributed by atoms with Crippen LogP contribution in [0.25, 0.3) is 11.1 Å². The summed E-state index contributed by atoms with van der Waals surface area (Å²) in [6, 6.07) is 18.5. The molecule has 3 rings (SSSR count). The van der Waals surface area contributed by atoms with Gasteiger partial charge in [-0.3, -0.25) is 9.59 Å². The third kappa shape index (κ3) is 4.76. The third-order valence-corrected chi connectivity index (χ3v) is 5.75. The standard InChI is InChI=1S/C25H30N2O2/c1-3-16-26-24(29)25(15-10-17-27(19-25)23(28)4-2)18-21-13-8-9-14-22(21)20-11-6-5-7-12-20/h3,5-9,11-14H,1,4,10,15-19H2,2H3,(H,26,29)/t25-/m1/s1. The molecule has 0 saturated carbocycles. The van der Waals surface area contributed by atoms with Crippen LogP contribution in [0.4, 0.5) is 0 Å². The molecule has 2 amide bonds. The van der Waals surface area contributed by atoms with Crippen molar-refractivity contribution in [3.63, 3.8) is 0 Å². The van der Waals surface area contributed by atoms with E-state index in [2.05, 4.69) is 36.2 Å². The molecule has 0 unspecified atom stereocenters. The lowest BCUT2D eigenvalue weighted by atomic mass is 9.73. The van der Waals surface area contributed by atoms with Crippen LogP contribution in [-0.2, 0) is 16.0 Å². The number of amides is 2. The minimum Gasteiger partial charge on any atom is -0.352 e. The summed E-state index contributed by atoms with van der Waals surface area (Å²) < 4.78 is 0. The number of piperidine rings is 1. The number of hydrogen-bond donors (Lipinski definition) is 1. The molecule has 1 fully saturated rings. The highest BCUT2D eigenvalue weighted by Gasteiger charge is 2.43. The van der Waals surface area contributed by atoms with Crippen molar-refractivity contribution >= 4 is 11.8 Å². The number of hydrogen-bond acceptors (Lipinski definition) is 2. The molecule has 1 heterocycles. The van der Waals surface area contributed by atoms with E-state index in [1.807, 2.05) is 42.2 Å². The number of rotatable bonds is 7. The molecule has 2 aromatic rings. The van der Waals surface area contributed by atoms with E-state index in [0.717, 1.165) is 36.1 Å². The van der Waals surface area contributed by atoms with Crippen LogP contribution in [0.3, 0.4) is 0 Å². The molecule has 0 aromatic heterocycles. The summed E-state index contributed by atoms with van der Waals surface area (Å²) >= 11 is 0. The van der Waals surface area contributed by atoms with Crippen LogP contribution in [-0.4, -0.2) is 36.3 Å². The van der Waals surface area contributed by atoms with Gasteiger partial charge in [0.25, 0.3) is 0 Å². The lowest BCUT2D eigenvalue weighted by molar-refractivity contribution is -0.141. The maximum atomic E-state index is 13.3. The van der Waals surface area contributed by atoms with Gasteiger partial charge in [0.05, 0.1) is 5.41 Å². The third-order valence-electron chi connectivity index (χ3n) is 5.75. The lowest BCUT2D eigenvalue weighted by Crippen LogP contribution is -2.54. The van der Waals surface area contributed by atoms with Crippen LogP contribution in [0.5, 0.6) is 0 Å². The molecule has 4 nitrogen and oxygen atoms in total. The Morgan fingerprint density at radius 3 is 2.59 bits per heavy atom. The molecule has 0 bridgehead atoms. The first-order chi connectivity index (χ1) is 14.1. The molecule has 152 valence electrons. The molecule has 4 heteroatoms. The van der Waals surface area contributed by atoms with Crippen LogP contribution in [0.1, 0.15) is 31.7 Å². The van der Waals surface area contributed by atoms with Crippen molar-refractivity contribution in [3.8, 4) is 11.1 Å². The van der Waals surface area contributed by atoms with Crippen molar-refractivity contribution < 1.29 is 9.59 Å². The maximum absolute atomic E-state index is 13.3. The Labute approximate surface area is 173 Å². The average molecular weight is 391 g/mol. The summed E-state index contributed by atoms with van der Waals surface area (Å²) in [6.07, 6.45) is 4.37. The number of nitrogens with one attached hydrogen (secondary N) is 1. The first kappa shape index (κ1) is 20.8. The van der Waals surface area contributed by atoms with Gasteiger partial charge in [-0.2, -0.15) is 0 Å². The topological polar surface area (TPSA) is 49.4 Å². The summed E-state index contributed by atoms with van der Waals surface area (Å²) in [5.41, 5.74) is 2.79. The normalized spacial score (nSPS) is 18.9. The fraction of sp³-hybridized carbons (Fsp3) is 0.360. The molecule has 0 spiro atoms. The van der Waals surface area contributed by atoms with Crippen LogP contribution >= 0.6 is 0 Å². The van der Waals surface area contributed by atoms with Gasteiger partial charge in [0.2, 0.25) is 11.8 Å². The van der Waals surface area contributed by atoms with E-state index < -0.39 is 5.41 Å². The van der Waals surface area contributed by atoms with Gasteiger partial charge in [-0.15, -0.1) is 6.58 Å². The van der Waals surface area contributed by atoms with Crippen LogP contribution in [0.2, 0.25) is 0 Å². The van der Waals surface area contributed by atoms with Gasteiger partial charge in [0.15, 0.2) is 0 Å². The Morgan fingerprint density at radius 2 is 1.86 bits per heavy atom. The Balaban J connectivity index is 1.97. The van der Waals surface area contributed by atoms with E-state index in [0.29, 0.717) is 25.9 Å². The smallest absolute Gasteiger partial charge is 0.228 e. The van der Waals surface area contributed by atoms with Crippen molar-refractivity contribution in [1.29, 1.82) is 0 Å². The zero-order chi connectivity index (χ0) is 20.7. The van der Waals surface area contributed by atoms with Crippen molar-refractivity contribution in [2.75, 3.05) is 19.6 Å². The minimum absolute atomic E-state index is 0.00821. The van der Waals surface area contributed by atoms with Gasteiger partial charge in [0, 0.05) is 26.1 Å². The fourth-order valence-corrected chi connectivity index (χ4v) is 4.27. The van der Waals surface area contributed by atoms with Crippen LogP contribution in [0.15, 0.2) is 67.3 Å². The lowest BCUT2D eigenvalue weighted by Gasteiger charge is -2.42. The van der Waals surface area contributed by atoms with E-state index in [1.54, 1.807) is 6.08 Å². The Morgan fingerprint density at radius 1 is 1.14 bits per heavy atom. The molecule has 2 aromatic carbocycles. The zero-order valence-electron chi connectivity index (χ0n) is 17.2. The number of likely N-dealkylation sites (tertiary alicyclic amines) is 1. The van der Waals surface area contributed by atoms with Gasteiger partial charge in [0.1, 0.15) is 0 Å². The van der Waals surface area contributed by atoms with Gasteiger partial charge in [-0.25, -0.2) is 0 Å². The number of benzene rings is 2. The summed E-state index contributed by atoms with van der Waals surface area (Å²) in [5, 5.41) is 3.00. The van der Waals surface area contributed by atoms with E-state index >= 15 is 0 Å². The number of nitrogens with zero attached hydrogens (tertiary/aromatic N) is 1. The van der Waals surface area contributed by atoms with Crippen molar-refractivity contribution in [2.45, 2.75) is 32.6 Å².